The van der Waals surface area contributed by atoms with Crippen molar-refractivity contribution in [3.63, 3.8) is 0 Å². The van der Waals surface area contributed by atoms with E-state index in [9.17, 15) is 0 Å². The van der Waals surface area contributed by atoms with Gasteiger partial charge in [-0.2, -0.15) is 4.98 Å². The van der Waals surface area contributed by atoms with Crippen molar-refractivity contribution >= 4 is 21.7 Å². The van der Waals surface area contributed by atoms with Gasteiger partial charge < -0.3 is 14.9 Å². The van der Waals surface area contributed by atoms with E-state index in [2.05, 4.69) is 20.9 Å². The molecule has 1 heterocycles. The van der Waals surface area contributed by atoms with Crippen molar-refractivity contribution < 1.29 is 9.15 Å². The van der Waals surface area contributed by atoms with Crippen LogP contribution >= 0.6 is 15.9 Å². The van der Waals surface area contributed by atoms with E-state index in [4.69, 9.17) is 14.9 Å². The Hall–Kier alpha value is -1.49. The average molecular weight is 269 g/mol. The first-order chi connectivity index (χ1) is 7.25. The van der Waals surface area contributed by atoms with Gasteiger partial charge in [-0.3, -0.25) is 0 Å². The summed E-state index contributed by atoms with van der Waals surface area (Å²) >= 11 is 3.37. The van der Waals surface area contributed by atoms with E-state index in [1.807, 2.05) is 24.3 Å². The Morgan fingerprint density at radius 1 is 1.40 bits per heavy atom. The monoisotopic (exact) mass is 268 g/mol. The summed E-state index contributed by atoms with van der Waals surface area (Å²) < 4.78 is 11.4. The molecule has 0 saturated heterocycles. The summed E-state index contributed by atoms with van der Waals surface area (Å²) in [5.74, 6) is 1.57. The molecule has 78 valence electrons. The van der Waals surface area contributed by atoms with Crippen molar-refractivity contribution in [1.29, 1.82) is 0 Å². The molecule has 1 aromatic carbocycles. The average Bonchev–Trinajstić information content (AvgIpc) is 2.63. The number of ether oxygens (including phenoxy) is 1. The summed E-state index contributed by atoms with van der Waals surface area (Å²) in [6.45, 7) is 0.264. The summed E-state index contributed by atoms with van der Waals surface area (Å²) in [6, 6.07) is 7.57. The lowest BCUT2D eigenvalue weighted by Crippen LogP contribution is -1.96. The van der Waals surface area contributed by atoms with Crippen LogP contribution in [-0.2, 0) is 6.61 Å². The fourth-order valence-electron chi connectivity index (χ4n) is 1.09. The van der Waals surface area contributed by atoms with E-state index in [-0.39, 0.29) is 6.61 Å². The molecule has 0 atom stereocenters. The van der Waals surface area contributed by atoms with Crippen molar-refractivity contribution in [2.45, 2.75) is 6.61 Å². The highest BCUT2D eigenvalue weighted by atomic mass is 79.9. The Morgan fingerprint density at radius 2 is 2.20 bits per heavy atom. The van der Waals surface area contributed by atoms with Gasteiger partial charge in [-0.25, -0.2) is 0 Å². The molecule has 0 radical (unpaired) electrons. The Morgan fingerprint density at radius 3 is 2.87 bits per heavy atom. The van der Waals surface area contributed by atoms with Gasteiger partial charge in [-0.1, -0.05) is 12.1 Å². The maximum Gasteiger partial charge on any atom is 0.234 e. The highest BCUT2D eigenvalue weighted by Gasteiger charge is 2.04. The predicted molar refractivity (Wildman–Crippen MR) is 59.4 cm³/mol. The van der Waals surface area contributed by atoms with Crippen LogP contribution in [0, 0.1) is 0 Å². The molecule has 1 aromatic heterocycles. The van der Waals surface area contributed by atoms with E-state index in [1.165, 1.54) is 6.26 Å². The minimum atomic E-state index is 0.264. The van der Waals surface area contributed by atoms with Crippen LogP contribution in [0.5, 0.6) is 5.75 Å². The zero-order valence-corrected chi connectivity index (χ0v) is 9.40. The molecule has 4 nitrogen and oxygen atoms in total. The van der Waals surface area contributed by atoms with Gasteiger partial charge in [0.05, 0.1) is 4.47 Å². The molecular weight excluding hydrogens is 260 g/mol. The fraction of sp³-hybridized carbons (Fsp3) is 0.100. The van der Waals surface area contributed by atoms with E-state index >= 15 is 0 Å². The molecule has 15 heavy (non-hydrogen) atoms. The summed E-state index contributed by atoms with van der Waals surface area (Å²) in [6.07, 6.45) is 1.39. The molecule has 0 unspecified atom stereocenters. The van der Waals surface area contributed by atoms with E-state index in [1.54, 1.807) is 0 Å². The van der Waals surface area contributed by atoms with Crippen LogP contribution in [0.3, 0.4) is 0 Å². The quantitative estimate of drug-likeness (QED) is 0.930. The second-order valence-corrected chi connectivity index (χ2v) is 3.74. The molecule has 5 heteroatoms. The zero-order valence-electron chi connectivity index (χ0n) is 7.81. The topological polar surface area (TPSA) is 61.3 Å². The summed E-state index contributed by atoms with van der Waals surface area (Å²) in [5.41, 5.74) is 5.41. The minimum absolute atomic E-state index is 0.264. The van der Waals surface area contributed by atoms with E-state index in [0.29, 0.717) is 11.7 Å². The van der Waals surface area contributed by atoms with Crippen LogP contribution in [0.25, 0.3) is 0 Å². The molecule has 2 rings (SSSR count). The van der Waals surface area contributed by atoms with Gasteiger partial charge in [0.1, 0.15) is 12.0 Å². The fourth-order valence-corrected chi connectivity index (χ4v) is 1.49. The van der Waals surface area contributed by atoms with Gasteiger partial charge in [0, 0.05) is 0 Å². The zero-order chi connectivity index (χ0) is 10.7. The number of para-hydroxylation sites is 1. The van der Waals surface area contributed by atoms with Crippen LogP contribution in [0.4, 0.5) is 5.82 Å². The third-order valence-corrected chi connectivity index (χ3v) is 2.41. The number of hydrogen-bond acceptors (Lipinski definition) is 4. The number of halogens is 1. The standard InChI is InChI=1S/C10H9BrN2O2/c11-7-3-1-2-4-8(7)14-6-10-13-9(12)5-15-10/h1-5H,6,12H2. The normalized spacial score (nSPS) is 10.2. The van der Waals surface area contributed by atoms with Crippen LogP contribution < -0.4 is 10.5 Å². The van der Waals surface area contributed by atoms with Gasteiger partial charge in [0.25, 0.3) is 0 Å². The van der Waals surface area contributed by atoms with Crippen molar-refractivity contribution in [1.82, 2.24) is 4.98 Å². The van der Waals surface area contributed by atoms with Gasteiger partial charge >= 0.3 is 0 Å². The van der Waals surface area contributed by atoms with Crippen molar-refractivity contribution in [2.75, 3.05) is 5.73 Å². The molecule has 0 saturated carbocycles. The maximum atomic E-state index is 5.48. The Labute approximate surface area is 95.2 Å². The number of rotatable bonds is 3. The highest BCUT2D eigenvalue weighted by Crippen LogP contribution is 2.24. The molecule has 0 amide bonds. The molecule has 0 aliphatic heterocycles. The second-order valence-electron chi connectivity index (χ2n) is 2.89. The number of anilines is 1. The smallest absolute Gasteiger partial charge is 0.234 e. The van der Waals surface area contributed by atoms with Crippen LogP contribution in [-0.4, -0.2) is 4.98 Å². The molecular formula is C10H9BrN2O2. The predicted octanol–water partition coefficient (Wildman–Crippen LogP) is 2.60. The number of hydrogen-bond donors (Lipinski definition) is 1. The van der Waals surface area contributed by atoms with Crippen LogP contribution in [0.2, 0.25) is 0 Å². The van der Waals surface area contributed by atoms with E-state index < -0.39 is 0 Å². The Balaban J connectivity index is 2.02. The number of nitrogens with two attached hydrogens (primary N) is 1. The molecule has 0 aliphatic carbocycles. The van der Waals surface area contributed by atoms with Crippen molar-refractivity contribution in [2.24, 2.45) is 0 Å². The Bertz CT molecular complexity index is 456. The SMILES string of the molecule is Nc1coc(COc2ccccc2Br)n1. The van der Waals surface area contributed by atoms with Gasteiger partial charge in [0.15, 0.2) is 12.4 Å². The Kier molecular flexibility index (Phi) is 2.91. The summed E-state index contributed by atoms with van der Waals surface area (Å²) in [5, 5.41) is 0. The highest BCUT2D eigenvalue weighted by molar-refractivity contribution is 9.10. The van der Waals surface area contributed by atoms with Crippen molar-refractivity contribution in [3.05, 3.63) is 40.9 Å². The lowest BCUT2D eigenvalue weighted by Gasteiger charge is -2.04. The number of nitrogen functional groups attached to an aromatic ring is 1. The first-order valence-electron chi connectivity index (χ1n) is 4.33. The summed E-state index contributed by atoms with van der Waals surface area (Å²) in [4.78, 5) is 3.93. The van der Waals surface area contributed by atoms with Gasteiger partial charge in [0.2, 0.25) is 5.89 Å². The maximum absolute atomic E-state index is 5.48. The number of oxazole rings is 1. The number of nitrogens with zero attached hydrogens (tertiary/aromatic N) is 1. The molecule has 0 spiro atoms. The molecule has 0 bridgehead atoms. The molecule has 0 aliphatic rings. The lowest BCUT2D eigenvalue weighted by atomic mass is 10.3. The lowest BCUT2D eigenvalue weighted by molar-refractivity contribution is 0.261. The number of aromatic nitrogens is 1. The first kappa shape index (κ1) is 10.0. The summed E-state index contributed by atoms with van der Waals surface area (Å²) in [7, 11) is 0. The third kappa shape index (κ3) is 2.50. The van der Waals surface area contributed by atoms with Gasteiger partial charge in [-0.05, 0) is 28.1 Å². The largest absolute Gasteiger partial charge is 0.483 e. The minimum Gasteiger partial charge on any atom is -0.483 e. The first-order valence-corrected chi connectivity index (χ1v) is 5.12. The van der Waals surface area contributed by atoms with Gasteiger partial charge in [-0.15, -0.1) is 0 Å². The van der Waals surface area contributed by atoms with Crippen LogP contribution in [0.15, 0.2) is 39.4 Å². The second kappa shape index (κ2) is 4.35. The molecule has 2 N–H and O–H groups in total. The molecule has 0 fully saturated rings. The van der Waals surface area contributed by atoms with E-state index in [0.717, 1.165) is 10.2 Å². The third-order valence-electron chi connectivity index (χ3n) is 1.76. The molecule has 2 aromatic rings. The van der Waals surface area contributed by atoms with Crippen molar-refractivity contribution in [3.8, 4) is 5.75 Å². The number of benzene rings is 1. The van der Waals surface area contributed by atoms with Crippen LogP contribution in [0.1, 0.15) is 5.89 Å².